The van der Waals surface area contributed by atoms with Crippen molar-refractivity contribution in [3.63, 3.8) is 0 Å². The van der Waals surface area contributed by atoms with Crippen molar-refractivity contribution < 1.29 is 13.9 Å². The topological polar surface area (TPSA) is 87.9 Å². The van der Waals surface area contributed by atoms with Gasteiger partial charge in [0.2, 0.25) is 0 Å². The minimum atomic E-state index is -0.265. The zero-order chi connectivity index (χ0) is 21.1. The Morgan fingerprint density at radius 2 is 2.00 bits per heavy atom. The summed E-state index contributed by atoms with van der Waals surface area (Å²) in [5.74, 6) is 1.46. The van der Waals surface area contributed by atoms with Gasteiger partial charge in [-0.1, -0.05) is 12.1 Å². The molecule has 0 spiro atoms. The Morgan fingerprint density at radius 1 is 1.17 bits per heavy atom. The Morgan fingerprint density at radius 3 is 2.69 bits per heavy atom. The van der Waals surface area contributed by atoms with Crippen LogP contribution in [-0.2, 0) is 17.9 Å². The average molecular weight is 401 g/mol. The summed E-state index contributed by atoms with van der Waals surface area (Å²) < 4.78 is 10.8. The van der Waals surface area contributed by atoms with Crippen LogP contribution in [0.25, 0.3) is 0 Å². The summed E-state index contributed by atoms with van der Waals surface area (Å²) in [5.41, 5.74) is 1.39. The summed E-state index contributed by atoms with van der Waals surface area (Å²) in [4.78, 5) is 16.6. The molecule has 0 radical (unpaired) electrons. The molecule has 0 bridgehead atoms. The number of amides is 1. The first-order valence-corrected chi connectivity index (χ1v) is 9.83. The second-order valence-corrected chi connectivity index (χ2v) is 7.74. The van der Waals surface area contributed by atoms with Crippen molar-refractivity contribution in [2.75, 3.05) is 20.2 Å². The molecule has 0 saturated heterocycles. The SMILES string of the molecule is CN=C(NCCCOCc1ccco1)NCc1cccc(C(=O)NC(C)(C)C)c1. The van der Waals surface area contributed by atoms with E-state index in [1.54, 1.807) is 13.3 Å². The van der Waals surface area contributed by atoms with Crippen molar-refractivity contribution >= 4 is 11.9 Å². The van der Waals surface area contributed by atoms with E-state index in [0.29, 0.717) is 31.3 Å². The maximum atomic E-state index is 12.3. The summed E-state index contributed by atoms with van der Waals surface area (Å²) >= 11 is 0. The van der Waals surface area contributed by atoms with Crippen LogP contribution in [0.1, 0.15) is 48.9 Å². The molecule has 1 amide bonds. The van der Waals surface area contributed by atoms with Crippen LogP contribution in [0.15, 0.2) is 52.1 Å². The standard InChI is InChI=1S/C22H32N4O3/c1-22(2,3)26-20(27)18-9-5-8-17(14-18)15-25-21(23-4)24-11-7-12-28-16-19-10-6-13-29-19/h5-6,8-10,13-14H,7,11-12,15-16H2,1-4H3,(H,26,27)(H2,23,24,25). The van der Waals surface area contributed by atoms with Gasteiger partial charge in [-0.2, -0.15) is 0 Å². The number of guanidine groups is 1. The maximum Gasteiger partial charge on any atom is 0.251 e. The number of nitrogens with one attached hydrogen (secondary N) is 3. The summed E-state index contributed by atoms with van der Waals surface area (Å²) in [6.07, 6.45) is 2.49. The maximum absolute atomic E-state index is 12.3. The van der Waals surface area contributed by atoms with E-state index >= 15 is 0 Å². The summed E-state index contributed by atoms with van der Waals surface area (Å²) in [7, 11) is 1.73. The Bertz CT molecular complexity index is 780. The van der Waals surface area contributed by atoms with Crippen LogP contribution in [0.4, 0.5) is 0 Å². The van der Waals surface area contributed by atoms with Crippen molar-refractivity contribution in [3.05, 3.63) is 59.5 Å². The van der Waals surface area contributed by atoms with Crippen LogP contribution in [0.5, 0.6) is 0 Å². The molecule has 3 N–H and O–H groups in total. The van der Waals surface area contributed by atoms with E-state index in [0.717, 1.165) is 24.3 Å². The van der Waals surface area contributed by atoms with E-state index in [4.69, 9.17) is 9.15 Å². The summed E-state index contributed by atoms with van der Waals surface area (Å²) in [6.45, 7) is 8.34. The van der Waals surface area contributed by atoms with E-state index < -0.39 is 0 Å². The molecule has 1 heterocycles. The highest BCUT2D eigenvalue weighted by Gasteiger charge is 2.15. The highest BCUT2D eigenvalue weighted by Crippen LogP contribution is 2.08. The van der Waals surface area contributed by atoms with Gasteiger partial charge in [-0.3, -0.25) is 9.79 Å². The number of nitrogens with zero attached hydrogens (tertiary/aromatic N) is 1. The van der Waals surface area contributed by atoms with Gasteiger partial charge in [0.15, 0.2) is 5.96 Å². The fourth-order valence-electron chi connectivity index (χ4n) is 2.59. The summed E-state index contributed by atoms with van der Waals surface area (Å²) in [6, 6.07) is 11.3. The van der Waals surface area contributed by atoms with Crippen LogP contribution in [-0.4, -0.2) is 37.6 Å². The van der Waals surface area contributed by atoms with Gasteiger partial charge >= 0.3 is 0 Å². The molecule has 0 unspecified atom stereocenters. The Balaban J connectivity index is 1.70. The lowest BCUT2D eigenvalue weighted by Crippen LogP contribution is -2.40. The van der Waals surface area contributed by atoms with Gasteiger partial charge in [0.1, 0.15) is 12.4 Å². The van der Waals surface area contributed by atoms with E-state index in [1.165, 1.54) is 0 Å². The molecule has 0 aliphatic heterocycles. The highest BCUT2D eigenvalue weighted by atomic mass is 16.5. The van der Waals surface area contributed by atoms with Gasteiger partial charge in [0.05, 0.1) is 6.26 Å². The molecule has 7 heteroatoms. The van der Waals surface area contributed by atoms with Gasteiger partial charge < -0.3 is 25.1 Å². The van der Waals surface area contributed by atoms with Gasteiger partial charge in [0, 0.05) is 37.8 Å². The van der Waals surface area contributed by atoms with Crippen LogP contribution in [0.3, 0.4) is 0 Å². The molecule has 0 atom stereocenters. The first kappa shape index (κ1) is 22.5. The third-order valence-corrected chi connectivity index (χ3v) is 3.94. The number of rotatable bonds is 9. The van der Waals surface area contributed by atoms with Gasteiger partial charge in [-0.05, 0) is 57.0 Å². The number of carbonyl (C=O) groups is 1. The van der Waals surface area contributed by atoms with Gasteiger partial charge in [0.25, 0.3) is 5.91 Å². The Hall–Kier alpha value is -2.80. The van der Waals surface area contributed by atoms with Crippen molar-refractivity contribution in [1.29, 1.82) is 0 Å². The van der Waals surface area contributed by atoms with E-state index in [2.05, 4.69) is 20.9 Å². The number of carbonyl (C=O) groups excluding carboxylic acids is 1. The lowest BCUT2D eigenvalue weighted by atomic mass is 10.1. The van der Waals surface area contributed by atoms with Crippen molar-refractivity contribution in [1.82, 2.24) is 16.0 Å². The predicted octanol–water partition coefficient (Wildman–Crippen LogP) is 3.08. The number of ether oxygens (including phenoxy) is 1. The molecule has 1 aromatic heterocycles. The van der Waals surface area contributed by atoms with Crippen LogP contribution < -0.4 is 16.0 Å². The Kier molecular flexibility index (Phi) is 8.73. The van der Waals surface area contributed by atoms with Gasteiger partial charge in [-0.25, -0.2) is 0 Å². The largest absolute Gasteiger partial charge is 0.467 e. The number of hydrogen-bond donors (Lipinski definition) is 3. The molecule has 0 aliphatic rings. The molecule has 7 nitrogen and oxygen atoms in total. The van der Waals surface area contributed by atoms with Crippen LogP contribution >= 0.6 is 0 Å². The molecule has 2 aromatic rings. The number of hydrogen-bond acceptors (Lipinski definition) is 4. The van der Waals surface area contributed by atoms with Gasteiger partial charge in [-0.15, -0.1) is 0 Å². The minimum Gasteiger partial charge on any atom is -0.467 e. The molecule has 0 aliphatic carbocycles. The lowest BCUT2D eigenvalue weighted by Gasteiger charge is -2.20. The fourth-order valence-corrected chi connectivity index (χ4v) is 2.59. The van der Waals surface area contributed by atoms with Crippen molar-refractivity contribution in [2.24, 2.45) is 4.99 Å². The summed E-state index contributed by atoms with van der Waals surface area (Å²) in [5, 5.41) is 9.50. The van der Waals surface area contributed by atoms with E-state index in [-0.39, 0.29) is 11.4 Å². The minimum absolute atomic E-state index is 0.0728. The monoisotopic (exact) mass is 400 g/mol. The molecular weight excluding hydrogens is 368 g/mol. The van der Waals surface area contributed by atoms with E-state index in [1.807, 2.05) is 57.2 Å². The van der Waals surface area contributed by atoms with Crippen LogP contribution in [0, 0.1) is 0 Å². The lowest BCUT2D eigenvalue weighted by molar-refractivity contribution is 0.0919. The Labute approximate surface area is 172 Å². The quantitative estimate of drug-likeness (QED) is 0.342. The first-order valence-electron chi connectivity index (χ1n) is 9.83. The zero-order valence-electron chi connectivity index (χ0n) is 17.7. The molecule has 0 saturated carbocycles. The smallest absolute Gasteiger partial charge is 0.251 e. The second-order valence-electron chi connectivity index (χ2n) is 7.74. The van der Waals surface area contributed by atoms with Crippen molar-refractivity contribution in [2.45, 2.75) is 45.9 Å². The first-order chi connectivity index (χ1) is 13.9. The molecule has 29 heavy (non-hydrogen) atoms. The number of benzene rings is 1. The molecule has 1 aromatic carbocycles. The van der Waals surface area contributed by atoms with Crippen LogP contribution in [0.2, 0.25) is 0 Å². The third kappa shape index (κ3) is 8.83. The predicted molar refractivity (Wildman–Crippen MR) is 115 cm³/mol. The number of aliphatic imine (C=N–C) groups is 1. The highest BCUT2D eigenvalue weighted by molar-refractivity contribution is 5.94. The molecular formula is C22H32N4O3. The zero-order valence-corrected chi connectivity index (χ0v) is 17.7. The number of furan rings is 1. The van der Waals surface area contributed by atoms with Crippen molar-refractivity contribution in [3.8, 4) is 0 Å². The third-order valence-electron chi connectivity index (χ3n) is 3.94. The average Bonchev–Trinajstić information content (AvgIpc) is 3.19. The van der Waals surface area contributed by atoms with E-state index in [9.17, 15) is 4.79 Å². The molecule has 2 rings (SSSR count). The second kappa shape index (κ2) is 11.3. The normalized spacial score (nSPS) is 11.9. The molecule has 158 valence electrons. The fraction of sp³-hybridized carbons (Fsp3) is 0.455. The molecule has 0 fully saturated rings.